The number of aromatic hydroxyl groups is 3. The lowest BCUT2D eigenvalue weighted by atomic mass is 9.99. The number of furan rings is 1. The van der Waals surface area contributed by atoms with Crippen LogP contribution in [0.1, 0.15) is 15.9 Å². The van der Waals surface area contributed by atoms with Crippen LogP contribution < -0.4 is 0 Å². The van der Waals surface area contributed by atoms with Crippen LogP contribution in [0.25, 0.3) is 22.1 Å². The molecule has 4 aromatic rings. The van der Waals surface area contributed by atoms with Gasteiger partial charge in [0.15, 0.2) is 0 Å². The first-order valence-corrected chi connectivity index (χ1v) is 8.99. The monoisotopic (exact) mass is 389 g/mol. The molecule has 29 heavy (non-hydrogen) atoms. The Balaban J connectivity index is 1.81. The molecule has 0 bridgehead atoms. The maximum atomic E-state index is 13.2. The molecule has 0 radical (unpaired) electrons. The summed E-state index contributed by atoms with van der Waals surface area (Å²) in [4.78, 5) is 14.8. The van der Waals surface area contributed by atoms with Crippen molar-refractivity contribution >= 4 is 16.9 Å². The standard InChI is InChI=1S/C23H19NO5/c1-24(12-14-5-3-2-4-6-14)23(28)19-10-18(27)11-21-22(19)20(13-29-21)15-7-16(25)9-17(26)8-15/h2-11,13,25-27H,12H2,1H3. The van der Waals surface area contributed by atoms with Gasteiger partial charge in [-0.05, 0) is 29.3 Å². The second kappa shape index (κ2) is 7.24. The molecule has 0 aliphatic heterocycles. The van der Waals surface area contributed by atoms with Gasteiger partial charge in [0.2, 0.25) is 0 Å². The van der Waals surface area contributed by atoms with Crippen molar-refractivity contribution in [2.45, 2.75) is 6.54 Å². The normalized spacial score (nSPS) is 10.9. The van der Waals surface area contributed by atoms with Crippen molar-refractivity contribution in [1.82, 2.24) is 4.90 Å². The number of hydrogen-bond acceptors (Lipinski definition) is 5. The van der Waals surface area contributed by atoms with Gasteiger partial charge in [-0.15, -0.1) is 0 Å². The number of fused-ring (bicyclic) bond motifs is 1. The zero-order valence-electron chi connectivity index (χ0n) is 15.7. The molecule has 0 aliphatic rings. The first-order valence-electron chi connectivity index (χ1n) is 8.99. The molecule has 0 saturated heterocycles. The number of carbonyl (C=O) groups excluding carboxylic acids is 1. The molecule has 0 fully saturated rings. The zero-order valence-corrected chi connectivity index (χ0v) is 15.7. The minimum atomic E-state index is -0.290. The molecule has 0 spiro atoms. The fourth-order valence-corrected chi connectivity index (χ4v) is 3.42. The van der Waals surface area contributed by atoms with Crippen molar-refractivity contribution in [3.05, 3.63) is 78.1 Å². The summed E-state index contributed by atoms with van der Waals surface area (Å²) in [6.45, 7) is 0.400. The van der Waals surface area contributed by atoms with E-state index in [2.05, 4.69) is 0 Å². The molecule has 1 heterocycles. The van der Waals surface area contributed by atoms with E-state index in [1.165, 1.54) is 36.6 Å². The Kier molecular flexibility index (Phi) is 4.60. The van der Waals surface area contributed by atoms with Gasteiger partial charge < -0.3 is 24.6 Å². The van der Waals surface area contributed by atoms with E-state index in [-0.39, 0.29) is 28.7 Å². The van der Waals surface area contributed by atoms with Crippen LogP contribution in [0.3, 0.4) is 0 Å². The lowest BCUT2D eigenvalue weighted by Crippen LogP contribution is -2.26. The minimum Gasteiger partial charge on any atom is -0.508 e. The molecule has 0 aliphatic carbocycles. The van der Waals surface area contributed by atoms with Crippen molar-refractivity contribution in [3.63, 3.8) is 0 Å². The SMILES string of the molecule is CN(Cc1ccccc1)C(=O)c1cc(O)cc2occ(-c3cc(O)cc(O)c3)c12. The molecule has 0 unspecified atom stereocenters. The number of amides is 1. The molecule has 3 aromatic carbocycles. The summed E-state index contributed by atoms with van der Waals surface area (Å²) in [6, 6.07) is 16.6. The predicted molar refractivity (Wildman–Crippen MR) is 109 cm³/mol. The van der Waals surface area contributed by atoms with Gasteiger partial charge in [0.25, 0.3) is 5.91 Å². The molecule has 146 valence electrons. The summed E-state index contributed by atoms with van der Waals surface area (Å²) in [6.07, 6.45) is 1.44. The van der Waals surface area contributed by atoms with E-state index < -0.39 is 0 Å². The number of rotatable bonds is 4. The number of phenols is 3. The van der Waals surface area contributed by atoms with Gasteiger partial charge in [0.1, 0.15) is 22.8 Å². The maximum Gasteiger partial charge on any atom is 0.254 e. The van der Waals surface area contributed by atoms with Gasteiger partial charge >= 0.3 is 0 Å². The van der Waals surface area contributed by atoms with Crippen LogP contribution in [0, 0.1) is 0 Å². The van der Waals surface area contributed by atoms with Crippen LogP contribution in [0.2, 0.25) is 0 Å². The van der Waals surface area contributed by atoms with E-state index in [0.29, 0.717) is 28.6 Å². The molecule has 1 amide bonds. The summed E-state index contributed by atoms with van der Waals surface area (Å²) in [5.74, 6) is -0.597. The fourth-order valence-electron chi connectivity index (χ4n) is 3.42. The minimum absolute atomic E-state index is 0.0892. The van der Waals surface area contributed by atoms with Crippen LogP contribution in [0.5, 0.6) is 17.2 Å². The second-order valence-electron chi connectivity index (χ2n) is 6.90. The Morgan fingerprint density at radius 2 is 1.59 bits per heavy atom. The summed E-state index contributed by atoms with van der Waals surface area (Å²) in [5.41, 5.74) is 2.60. The number of benzene rings is 3. The van der Waals surface area contributed by atoms with Crippen molar-refractivity contribution in [1.29, 1.82) is 0 Å². The van der Waals surface area contributed by atoms with E-state index in [4.69, 9.17) is 4.42 Å². The van der Waals surface area contributed by atoms with Crippen molar-refractivity contribution in [2.75, 3.05) is 7.05 Å². The Hall–Kier alpha value is -3.93. The van der Waals surface area contributed by atoms with E-state index >= 15 is 0 Å². The highest BCUT2D eigenvalue weighted by molar-refractivity contribution is 6.11. The lowest BCUT2D eigenvalue weighted by molar-refractivity contribution is 0.0786. The van der Waals surface area contributed by atoms with Crippen molar-refractivity contribution in [3.8, 4) is 28.4 Å². The van der Waals surface area contributed by atoms with Crippen molar-refractivity contribution in [2.24, 2.45) is 0 Å². The molecule has 6 nitrogen and oxygen atoms in total. The molecular weight excluding hydrogens is 370 g/mol. The van der Waals surface area contributed by atoms with E-state index in [9.17, 15) is 20.1 Å². The summed E-state index contributed by atoms with van der Waals surface area (Å²) < 4.78 is 5.56. The zero-order chi connectivity index (χ0) is 20.5. The van der Waals surface area contributed by atoms with Crippen LogP contribution >= 0.6 is 0 Å². The number of nitrogens with zero attached hydrogens (tertiary/aromatic N) is 1. The predicted octanol–water partition coefficient (Wildman–Crippen LogP) is 4.49. The average Bonchev–Trinajstić information content (AvgIpc) is 3.10. The Morgan fingerprint density at radius 1 is 0.931 bits per heavy atom. The molecule has 0 saturated carbocycles. The maximum absolute atomic E-state index is 13.2. The van der Waals surface area contributed by atoms with Gasteiger partial charge in [-0.2, -0.15) is 0 Å². The van der Waals surface area contributed by atoms with Crippen LogP contribution in [0.4, 0.5) is 0 Å². The Bertz CT molecular complexity index is 1180. The summed E-state index contributed by atoms with van der Waals surface area (Å²) in [7, 11) is 1.69. The van der Waals surface area contributed by atoms with Gasteiger partial charge in [-0.25, -0.2) is 0 Å². The highest BCUT2D eigenvalue weighted by atomic mass is 16.3. The average molecular weight is 389 g/mol. The Labute approximate surface area is 166 Å². The van der Waals surface area contributed by atoms with E-state index in [0.717, 1.165) is 5.56 Å². The first-order chi connectivity index (χ1) is 13.9. The smallest absolute Gasteiger partial charge is 0.254 e. The molecular formula is C23H19NO5. The molecule has 6 heteroatoms. The quantitative estimate of drug-likeness (QED) is 0.478. The fraction of sp³-hybridized carbons (Fsp3) is 0.0870. The molecule has 4 rings (SSSR count). The number of phenolic OH excluding ortho intramolecular Hbond substituents is 3. The third kappa shape index (κ3) is 3.60. The van der Waals surface area contributed by atoms with Crippen LogP contribution in [0.15, 0.2) is 71.3 Å². The number of carbonyl (C=O) groups is 1. The lowest BCUT2D eigenvalue weighted by Gasteiger charge is -2.18. The summed E-state index contributed by atoms with van der Waals surface area (Å²) in [5, 5.41) is 30.3. The molecule has 3 N–H and O–H groups in total. The highest BCUT2D eigenvalue weighted by Crippen LogP contribution is 2.38. The number of hydrogen-bond donors (Lipinski definition) is 3. The van der Waals surface area contributed by atoms with Gasteiger partial charge in [-0.1, -0.05) is 30.3 Å². The van der Waals surface area contributed by atoms with E-state index in [1.54, 1.807) is 11.9 Å². The van der Waals surface area contributed by atoms with Crippen LogP contribution in [-0.2, 0) is 6.54 Å². The highest BCUT2D eigenvalue weighted by Gasteiger charge is 2.22. The van der Waals surface area contributed by atoms with Gasteiger partial charge in [0.05, 0.1) is 11.8 Å². The first kappa shape index (κ1) is 18.4. The third-order valence-electron chi connectivity index (χ3n) is 4.71. The van der Waals surface area contributed by atoms with Gasteiger partial charge in [-0.3, -0.25) is 4.79 Å². The second-order valence-corrected chi connectivity index (χ2v) is 6.90. The topological polar surface area (TPSA) is 94.1 Å². The molecule has 0 atom stereocenters. The molecule has 1 aromatic heterocycles. The van der Waals surface area contributed by atoms with Gasteiger partial charge in [0, 0.05) is 36.7 Å². The Morgan fingerprint density at radius 3 is 2.28 bits per heavy atom. The largest absolute Gasteiger partial charge is 0.508 e. The third-order valence-corrected chi connectivity index (χ3v) is 4.71. The van der Waals surface area contributed by atoms with E-state index in [1.807, 2.05) is 30.3 Å². The van der Waals surface area contributed by atoms with Crippen LogP contribution in [-0.4, -0.2) is 33.2 Å². The summed E-state index contributed by atoms with van der Waals surface area (Å²) >= 11 is 0. The van der Waals surface area contributed by atoms with Crippen molar-refractivity contribution < 1.29 is 24.5 Å².